The molecule has 38 heavy (non-hydrogen) atoms. The van der Waals surface area contributed by atoms with Gasteiger partial charge in [0, 0.05) is 38.2 Å². The van der Waals surface area contributed by atoms with Gasteiger partial charge in [-0.1, -0.05) is 12.1 Å². The third-order valence-electron chi connectivity index (χ3n) is 8.59. The van der Waals surface area contributed by atoms with Crippen LogP contribution in [0.4, 0.5) is 13.2 Å². The van der Waals surface area contributed by atoms with E-state index in [1.54, 1.807) is 31.4 Å². The Labute approximate surface area is 219 Å². The monoisotopic (exact) mass is 529 g/mol. The van der Waals surface area contributed by atoms with Gasteiger partial charge in [-0.2, -0.15) is 23.4 Å². The molecule has 1 spiro atoms. The zero-order valence-electron chi connectivity index (χ0n) is 21.7. The third kappa shape index (κ3) is 4.88. The lowest BCUT2D eigenvalue weighted by molar-refractivity contribution is -0.137. The van der Waals surface area contributed by atoms with Crippen LogP contribution in [-0.4, -0.2) is 50.7 Å². The molecule has 2 aromatic heterocycles. The number of aryl methyl sites for hydroxylation is 2. The Hall–Kier alpha value is -2.72. The molecule has 1 atom stereocenters. The minimum Gasteiger partial charge on any atom is -0.356 e. The van der Waals surface area contributed by atoms with E-state index in [1.165, 1.54) is 15.6 Å². The molecule has 3 fully saturated rings. The summed E-state index contributed by atoms with van der Waals surface area (Å²) in [5, 5.41) is 8.91. The summed E-state index contributed by atoms with van der Waals surface area (Å²) in [4.78, 5) is 14.9. The van der Waals surface area contributed by atoms with E-state index < -0.39 is 11.7 Å². The maximum absolute atomic E-state index is 14.0. The molecule has 10 heteroatoms. The van der Waals surface area contributed by atoms with E-state index in [4.69, 9.17) is 4.74 Å². The highest BCUT2D eigenvalue weighted by Crippen LogP contribution is 2.53. The first-order chi connectivity index (χ1) is 18.2. The van der Waals surface area contributed by atoms with E-state index in [-0.39, 0.29) is 28.6 Å². The van der Waals surface area contributed by atoms with Crippen LogP contribution in [0.1, 0.15) is 61.4 Å². The number of rotatable bonds is 7. The molecule has 3 aromatic rings. The summed E-state index contributed by atoms with van der Waals surface area (Å²) in [5.41, 5.74) is 1.14. The van der Waals surface area contributed by atoms with Gasteiger partial charge < -0.3 is 9.64 Å². The number of alkyl halides is 3. The van der Waals surface area contributed by atoms with E-state index >= 15 is 0 Å². The number of nitrogens with zero attached hydrogens (tertiary/aromatic N) is 5. The number of fused-ring (bicyclic) bond motifs is 1. The number of benzene rings is 1. The Bertz CT molecular complexity index is 1360. The van der Waals surface area contributed by atoms with E-state index in [2.05, 4.69) is 15.1 Å². The molecule has 0 bridgehead atoms. The van der Waals surface area contributed by atoms with E-state index in [1.807, 2.05) is 0 Å². The molecule has 1 aliphatic carbocycles. The molecular weight excluding hydrogens is 495 g/mol. The van der Waals surface area contributed by atoms with Gasteiger partial charge in [0.2, 0.25) is 0 Å². The van der Waals surface area contributed by atoms with Crippen LogP contribution in [-0.2, 0) is 30.8 Å². The van der Waals surface area contributed by atoms with Crippen molar-refractivity contribution in [3.8, 4) is 0 Å². The molecule has 4 heterocycles. The van der Waals surface area contributed by atoms with Crippen LogP contribution in [0.2, 0.25) is 0 Å². The predicted octanol–water partition coefficient (Wildman–Crippen LogP) is 4.74. The molecule has 1 saturated carbocycles. The Kier molecular flexibility index (Phi) is 6.58. The van der Waals surface area contributed by atoms with Gasteiger partial charge in [0.25, 0.3) is 5.56 Å². The van der Waals surface area contributed by atoms with Crippen LogP contribution >= 0.6 is 0 Å². The summed E-state index contributed by atoms with van der Waals surface area (Å²) in [6, 6.07) is 5.07. The number of hydrogen-bond donors (Lipinski definition) is 0. The number of hydrogen-bond acceptors (Lipinski definition) is 5. The summed E-state index contributed by atoms with van der Waals surface area (Å²) >= 11 is 0. The van der Waals surface area contributed by atoms with Gasteiger partial charge >= 0.3 is 6.18 Å². The summed E-state index contributed by atoms with van der Waals surface area (Å²) in [6.45, 7) is 3.65. The van der Waals surface area contributed by atoms with Crippen LogP contribution in [0.5, 0.6) is 0 Å². The second-order valence-electron chi connectivity index (χ2n) is 11.6. The lowest BCUT2D eigenvalue weighted by Crippen LogP contribution is -2.62. The fourth-order valence-corrected chi connectivity index (χ4v) is 6.97. The van der Waals surface area contributed by atoms with Crippen molar-refractivity contribution in [2.45, 2.75) is 63.8 Å². The largest absolute Gasteiger partial charge is 0.418 e. The van der Waals surface area contributed by atoms with Crippen molar-refractivity contribution in [2.24, 2.45) is 18.4 Å². The van der Waals surface area contributed by atoms with Gasteiger partial charge in [-0.3, -0.25) is 9.48 Å². The molecule has 6 rings (SSSR count). The van der Waals surface area contributed by atoms with Crippen molar-refractivity contribution < 1.29 is 17.9 Å². The van der Waals surface area contributed by atoms with E-state index in [0.717, 1.165) is 70.1 Å². The molecule has 2 saturated heterocycles. The Morgan fingerprint density at radius 2 is 1.95 bits per heavy atom. The smallest absolute Gasteiger partial charge is 0.356 e. The lowest BCUT2D eigenvalue weighted by Gasteiger charge is -2.59. The quantitative estimate of drug-likeness (QED) is 0.443. The SMILES string of the molecule is Cn1ncc2ccc(CC3CC4(C3)CN(CCCc3cnn(C5CCCCO5)c(=O)c3)C4)c(C(F)(F)F)c21. The second kappa shape index (κ2) is 9.79. The molecule has 0 amide bonds. The lowest BCUT2D eigenvalue weighted by atomic mass is 9.56. The molecule has 1 aromatic carbocycles. The van der Waals surface area contributed by atoms with Crippen molar-refractivity contribution in [1.82, 2.24) is 24.5 Å². The highest BCUT2D eigenvalue weighted by molar-refractivity contribution is 5.83. The van der Waals surface area contributed by atoms with Gasteiger partial charge in [-0.15, -0.1) is 0 Å². The number of ether oxygens (including phenoxy) is 1. The fourth-order valence-electron chi connectivity index (χ4n) is 6.97. The maximum atomic E-state index is 14.0. The molecule has 0 N–H and O–H groups in total. The summed E-state index contributed by atoms with van der Waals surface area (Å²) in [5.74, 6) is 0.287. The van der Waals surface area contributed by atoms with Gasteiger partial charge in [0.15, 0.2) is 6.23 Å². The van der Waals surface area contributed by atoms with Crippen LogP contribution in [0.25, 0.3) is 10.9 Å². The van der Waals surface area contributed by atoms with E-state index in [0.29, 0.717) is 24.0 Å². The minimum absolute atomic E-state index is 0.103. The molecule has 1 unspecified atom stereocenters. The van der Waals surface area contributed by atoms with Gasteiger partial charge in [-0.05, 0) is 80.4 Å². The normalized spacial score (nSPS) is 22.1. The van der Waals surface area contributed by atoms with Crippen molar-refractivity contribution in [2.75, 3.05) is 26.2 Å². The molecule has 0 radical (unpaired) electrons. The molecule has 204 valence electrons. The summed E-state index contributed by atoms with van der Waals surface area (Å²) < 4.78 is 50.4. The first-order valence-corrected chi connectivity index (χ1v) is 13.6. The van der Waals surface area contributed by atoms with Crippen molar-refractivity contribution >= 4 is 10.9 Å². The van der Waals surface area contributed by atoms with Crippen molar-refractivity contribution in [1.29, 1.82) is 0 Å². The van der Waals surface area contributed by atoms with Crippen molar-refractivity contribution in [3.63, 3.8) is 0 Å². The average Bonchev–Trinajstić information content (AvgIpc) is 3.21. The van der Waals surface area contributed by atoms with Gasteiger partial charge in [0.1, 0.15) is 0 Å². The third-order valence-corrected chi connectivity index (χ3v) is 8.59. The summed E-state index contributed by atoms with van der Waals surface area (Å²) in [6.07, 6.45) is 5.71. The zero-order valence-corrected chi connectivity index (χ0v) is 21.7. The van der Waals surface area contributed by atoms with Crippen LogP contribution in [0.3, 0.4) is 0 Å². The minimum atomic E-state index is -4.40. The second-order valence-corrected chi connectivity index (χ2v) is 11.6. The Morgan fingerprint density at radius 1 is 1.13 bits per heavy atom. The number of likely N-dealkylation sites (tertiary alicyclic amines) is 1. The van der Waals surface area contributed by atoms with Crippen molar-refractivity contribution in [3.05, 3.63) is 57.6 Å². The van der Waals surface area contributed by atoms with Crippen LogP contribution in [0, 0.1) is 11.3 Å². The highest BCUT2D eigenvalue weighted by Gasteiger charge is 2.52. The number of aromatic nitrogens is 4. The average molecular weight is 530 g/mol. The topological polar surface area (TPSA) is 65.2 Å². The zero-order chi connectivity index (χ0) is 26.5. The molecule has 3 aliphatic rings. The fraction of sp³-hybridized carbons (Fsp3) is 0.607. The highest BCUT2D eigenvalue weighted by atomic mass is 19.4. The maximum Gasteiger partial charge on any atom is 0.418 e. The molecular formula is C28H34F3N5O2. The first-order valence-electron chi connectivity index (χ1n) is 13.6. The first kappa shape index (κ1) is 25.6. The molecule has 2 aliphatic heterocycles. The molecule has 7 nitrogen and oxygen atoms in total. The Morgan fingerprint density at radius 3 is 2.66 bits per heavy atom. The van der Waals surface area contributed by atoms with Crippen LogP contribution < -0.4 is 5.56 Å². The Balaban J connectivity index is 0.979. The summed E-state index contributed by atoms with van der Waals surface area (Å²) in [7, 11) is 1.57. The van der Waals surface area contributed by atoms with Crippen LogP contribution in [0.15, 0.2) is 35.4 Å². The number of halogens is 3. The standard InChI is InChI=1S/C28H34F3N5O2/c1-34-26-22(16-32-34)8-7-21(25(26)28(29,30)31)11-20-13-27(14-20)17-35(18-27)9-4-5-19-12-23(37)36(33-15-19)24-6-2-3-10-38-24/h7-8,12,15-16,20,24H,2-6,9-11,13-14,17-18H2,1H3. The predicted molar refractivity (Wildman–Crippen MR) is 137 cm³/mol. The van der Waals surface area contributed by atoms with Gasteiger partial charge in [0.05, 0.1) is 23.5 Å². The van der Waals surface area contributed by atoms with Gasteiger partial charge in [-0.25, -0.2) is 4.68 Å². The van der Waals surface area contributed by atoms with E-state index in [9.17, 15) is 18.0 Å².